The molecule has 0 bridgehead atoms. The lowest BCUT2D eigenvalue weighted by atomic mass is 10.3. The van der Waals surface area contributed by atoms with Crippen LogP contribution in [-0.4, -0.2) is 36.9 Å². The van der Waals surface area contributed by atoms with Crippen molar-refractivity contribution in [3.63, 3.8) is 0 Å². The molecular weight excluding hydrogens is 246 g/mol. The van der Waals surface area contributed by atoms with Gasteiger partial charge in [0.1, 0.15) is 0 Å². The first kappa shape index (κ1) is 11.4. The van der Waals surface area contributed by atoms with Crippen molar-refractivity contribution in [2.24, 2.45) is 0 Å². The van der Waals surface area contributed by atoms with Gasteiger partial charge in [-0.25, -0.2) is 10.2 Å². The number of hydrogen-bond donors (Lipinski definition) is 3. The van der Waals surface area contributed by atoms with Gasteiger partial charge in [-0.3, -0.25) is 4.79 Å². The van der Waals surface area contributed by atoms with Crippen LogP contribution in [0.25, 0.3) is 11.0 Å². The van der Waals surface area contributed by atoms with E-state index in [-0.39, 0.29) is 16.4 Å². The van der Waals surface area contributed by atoms with E-state index in [1.165, 1.54) is 12.1 Å². The molecule has 0 saturated carbocycles. The summed E-state index contributed by atoms with van der Waals surface area (Å²) in [5.41, 5.74) is 1.23. The number of carboxylic acid groups (broad SMARTS) is 1. The fourth-order valence-corrected chi connectivity index (χ4v) is 1.89. The van der Waals surface area contributed by atoms with Crippen molar-refractivity contribution in [3.8, 4) is 0 Å². The molecule has 17 heavy (non-hydrogen) atoms. The fraction of sp³-hybridized carbons (Fsp3) is 0.111. The van der Waals surface area contributed by atoms with Gasteiger partial charge < -0.3 is 10.1 Å². The van der Waals surface area contributed by atoms with Gasteiger partial charge in [0.15, 0.2) is 5.16 Å². The molecule has 1 aromatic carbocycles. The van der Waals surface area contributed by atoms with E-state index in [1.807, 2.05) is 0 Å². The minimum absolute atomic E-state index is 0.0683. The van der Waals surface area contributed by atoms with Crippen LogP contribution in [0.4, 0.5) is 5.69 Å². The summed E-state index contributed by atoms with van der Waals surface area (Å²) in [4.78, 5) is 27.8. The van der Waals surface area contributed by atoms with Gasteiger partial charge in [-0.15, -0.1) is 0 Å². The van der Waals surface area contributed by atoms with Gasteiger partial charge in [-0.1, -0.05) is 11.8 Å². The normalized spacial score (nSPS) is 10.6. The van der Waals surface area contributed by atoms with E-state index >= 15 is 0 Å². The number of aromatic nitrogens is 2. The molecule has 3 N–H and O–H groups in total. The van der Waals surface area contributed by atoms with E-state index in [4.69, 9.17) is 10.3 Å². The fourth-order valence-electron chi connectivity index (χ4n) is 1.29. The summed E-state index contributed by atoms with van der Waals surface area (Å²) in [6.45, 7) is 0. The Labute approximate surface area is 99.0 Å². The van der Waals surface area contributed by atoms with E-state index in [2.05, 4.69) is 9.97 Å². The van der Waals surface area contributed by atoms with Gasteiger partial charge in [-0.05, 0) is 6.07 Å². The number of nitrogens with one attached hydrogen (secondary N) is 1. The topological polar surface area (TPSA) is 106 Å². The molecular formula is C9H8N3O4S+. The molecule has 1 aromatic heterocycles. The van der Waals surface area contributed by atoms with Crippen LogP contribution in [0.1, 0.15) is 0 Å². The van der Waals surface area contributed by atoms with E-state index < -0.39 is 5.97 Å². The Bertz CT molecular complexity index is 595. The highest BCUT2D eigenvalue weighted by atomic mass is 32.2. The Hall–Kier alpha value is -2.09. The van der Waals surface area contributed by atoms with Crippen LogP contribution in [-0.2, 0) is 4.79 Å². The Morgan fingerprint density at radius 2 is 2.29 bits per heavy atom. The second-order valence-electron chi connectivity index (χ2n) is 3.20. The Balaban J connectivity index is 2.30. The van der Waals surface area contributed by atoms with Crippen molar-refractivity contribution >= 4 is 34.5 Å². The molecule has 0 aliphatic rings. The zero-order valence-corrected chi connectivity index (χ0v) is 9.27. The van der Waals surface area contributed by atoms with Crippen molar-refractivity contribution in [2.45, 2.75) is 5.16 Å². The molecule has 2 rings (SSSR count). The average molecular weight is 254 g/mol. The lowest BCUT2D eigenvalue weighted by Gasteiger charge is -1.89. The number of aromatic amines is 1. The maximum atomic E-state index is 10.7. The van der Waals surface area contributed by atoms with Crippen LogP contribution in [0, 0.1) is 4.91 Å². The van der Waals surface area contributed by atoms with Crippen LogP contribution in [0.15, 0.2) is 23.4 Å². The first-order valence-corrected chi connectivity index (χ1v) is 5.55. The molecule has 0 fully saturated rings. The van der Waals surface area contributed by atoms with Crippen LogP contribution in [0.5, 0.6) is 0 Å². The SMILES string of the molecule is O=C(O)CSc1nc2cc([N+](=O)O)ccc2[nH]1. The summed E-state index contributed by atoms with van der Waals surface area (Å²) in [6, 6.07) is 4.42. The largest absolute Gasteiger partial charge is 0.481 e. The molecule has 8 heteroatoms. The number of rotatable bonds is 4. The molecule has 7 nitrogen and oxygen atoms in total. The quantitative estimate of drug-likeness (QED) is 0.564. The highest BCUT2D eigenvalue weighted by Crippen LogP contribution is 2.22. The molecule has 0 amide bonds. The van der Waals surface area contributed by atoms with Crippen LogP contribution < -0.4 is 0 Å². The van der Waals surface area contributed by atoms with E-state index in [1.54, 1.807) is 6.07 Å². The monoisotopic (exact) mass is 254 g/mol. The molecule has 0 radical (unpaired) electrons. The zero-order valence-electron chi connectivity index (χ0n) is 8.45. The number of fused-ring (bicyclic) bond motifs is 1. The number of benzene rings is 1. The summed E-state index contributed by atoms with van der Waals surface area (Å²) in [6.07, 6.45) is 0. The molecule has 0 aliphatic heterocycles. The summed E-state index contributed by atoms with van der Waals surface area (Å²) in [5.74, 6) is -1.03. The highest BCUT2D eigenvalue weighted by molar-refractivity contribution is 7.99. The lowest BCUT2D eigenvalue weighted by molar-refractivity contribution is -0.729. The number of imidazole rings is 1. The molecule has 0 saturated heterocycles. The summed E-state index contributed by atoms with van der Waals surface area (Å²) < 4.78 is 0. The summed E-state index contributed by atoms with van der Waals surface area (Å²) >= 11 is 1.05. The first-order valence-electron chi connectivity index (χ1n) is 4.57. The number of thioether (sulfide) groups is 1. The van der Waals surface area contributed by atoms with Crippen LogP contribution in [0.3, 0.4) is 0 Å². The minimum Gasteiger partial charge on any atom is -0.481 e. The number of carboxylic acids is 1. The van der Waals surface area contributed by atoms with E-state index in [0.29, 0.717) is 16.2 Å². The second-order valence-corrected chi connectivity index (χ2v) is 4.16. The average Bonchev–Trinajstić information content (AvgIpc) is 2.67. The summed E-state index contributed by atoms with van der Waals surface area (Å²) in [5, 5.41) is 17.7. The Kier molecular flexibility index (Phi) is 2.96. The third-order valence-electron chi connectivity index (χ3n) is 2.00. The van der Waals surface area contributed by atoms with Crippen molar-refractivity contribution < 1.29 is 20.0 Å². The Morgan fingerprint density at radius 1 is 1.53 bits per heavy atom. The standard InChI is InChI=1S/C9H7N3O4S/c13-8(14)4-17-9-10-6-2-1-5(12(15)16)3-7(6)11-9/h1-3H,4H2,(H2-,10,11,13,14,15,16)/p+1. The number of H-pyrrole nitrogens is 1. The van der Waals surface area contributed by atoms with Crippen molar-refractivity contribution in [1.82, 2.24) is 9.97 Å². The van der Waals surface area contributed by atoms with Crippen LogP contribution in [0.2, 0.25) is 0 Å². The maximum Gasteiger partial charge on any atom is 0.318 e. The molecule has 2 aromatic rings. The predicted molar refractivity (Wildman–Crippen MR) is 59.5 cm³/mol. The number of aliphatic carboxylic acids is 1. The number of hydrogen-bond acceptors (Lipinski definition) is 4. The Morgan fingerprint density at radius 3 is 2.94 bits per heavy atom. The zero-order chi connectivity index (χ0) is 12.4. The molecule has 1 heterocycles. The van der Waals surface area contributed by atoms with Gasteiger partial charge in [0, 0.05) is 12.1 Å². The van der Waals surface area contributed by atoms with E-state index in [9.17, 15) is 9.70 Å². The number of carbonyl (C=O) groups is 1. The minimum atomic E-state index is -0.933. The van der Waals surface area contributed by atoms with Gasteiger partial charge in [-0.2, -0.15) is 0 Å². The van der Waals surface area contributed by atoms with Crippen molar-refractivity contribution in [2.75, 3.05) is 5.75 Å². The number of nitrogens with zero attached hydrogens (tertiary/aromatic N) is 2. The maximum absolute atomic E-state index is 10.7. The van der Waals surface area contributed by atoms with Crippen LogP contribution >= 0.6 is 11.8 Å². The third-order valence-corrected chi connectivity index (χ3v) is 2.86. The summed E-state index contributed by atoms with van der Waals surface area (Å²) in [7, 11) is 0. The molecule has 0 unspecified atom stereocenters. The second kappa shape index (κ2) is 4.42. The van der Waals surface area contributed by atoms with Gasteiger partial charge >= 0.3 is 11.7 Å². The highest BCUT2D eigenvalue weighted by Gasteiger charge is 2.14. The van der Waals surface area contributed by atoms with Gasteiger partial charge in [0.2, 0.25) is 0 Å². The molecule has 0 spiro atoms. The van der Waals surface area contributed by atoms with Gasteiger partial charge in [0.05, 0.1) is 21.7 Å². The first-order chi connectivity index (χ1) is 8.06. The molecule has 88 valence electrons. The van der Waals surface area contributed by atoms with E-state index in [0.717, 1.165) is 11.8 Å². The third kappa shape index (κ3) is 2.53. The smallest absolute Gasteiger partial charge is 0.318 e. The lowest BCUT2D eigenvalue weighted by Crippen LogP contribution is -1.97. The van der Waals surface area contributed by atoms with Crippen molar-refractivity contribution in [1.29, 1.82) is 0 Å². The van der Waals surface area contributed by atoms with Gasteiger partial charge in [0.25, 0.3) is 4.92 Å². The molecule has 0 atom stereocenters. The van der Waals surface area contributed by atoms with Crippen molar-refractivity contribution in [3.05, 3.63) is 23.1 Å². The predicted octanol–water partition coefficient (Wildman–Crippen LogP) is 1.54. The molecule has 0 aliphatic carbocycles.